The van der Waals surface area contributed by atoms with Gasteiger partial charge in [0.1, 0.15) is 11.3 Å². The van der Waals surface area contributed by atoms with Crippen LogP contribution in [0.25, 0.3) is 0 Å². The van der Waals surface area contributed by atoms with Crippen LogP contribution in [0.2, 0.25) is 0 Å². The van der Waals surface area contributed by atoms with Crippen LogP contribution in [-0.2, 0) is 22.1 Å². The zero-order chi connectivity index (χ0) is 24.6. The number of amides is 2. The largest absolute Gasteiger partial charge is 0.444 e. The van der Waals surface area contributed by atoms with Gasteiger partial charge in [0.05, 0.1) is 19.1 Å². The van der Waals surface area contributed by atoms with Crippen molar-refractivity contribution in [2.45, 2.75) is 45.1 Å². The number of nitrogens with zero attached hydrogens (tertiary/aromatic N) is 3. The second kappa shape index (κ2) is 11.1. The van der Waals surface area contributed by atoms with Crippen LogP contribution in [0.1, 0.15) is 43.7 Å². The van der Waals surface area contributed by atoms with E-state index in [1.807, 2.05) is 0 Å². The Balaban J connectivity index is 2.06. The molecule has 0 aliphatic carbocycles. The third-order valence-corrected chi connectivity index (χ3v) is 4.34. The number of ether oxygens (including phenoxy) is 1. The molecular weight excluding hydrogens is 441 g/mol. The van der Waals surface area contributed by atoms with Gasteiger partial charge in [-0.3, -0.25) is 14.8 Å². The molecule has 0 aliphatic rings. The number of hydrogen-bond acceptors (Lipinski definition) is 6. The predicted molar refractivity (Wildman–Crippen MR) is 113 cm³/mol. The fourth-order valence-corrected chi connectivity index (χ4v) is 2.80. The fourth-order valence-electron chi connectivity index (χ4n) is 2.80. The van der Waals surface area contributed by atoms with Gasteiger partial charge in [-0.05, 0) is 38.5 Å². The van der Waals surface area contributed by atoms with Crippen molar-refractivity contribution in [3.63, 3.8) is 0 Å². The van der Waals surface area contributed by atoms with Gasteiger partial charge < -0.3 is 20.1 Å². The van der Waals surface area contributed by atoms with E-state index < -0.39 is 35.6 Å². The van der Waals surface area contributed by atoms with Crippen molar-refractivity contribution >= 4 is 12.0 Å². The van der Waals surface area contributed by atoms with E-state index in [2.05, 4.69) is 15.3 Å². The highest BCUT2D eigenvalue weighted by Gasteiger charge is 2.32. The number of carbonyl (C=O) groups is 2. The average Bonchev–Trinajstić information content (AvgIpc) is 2.72. The van der Waals surface area contributed by atoms with Gasteiger partial charge in [0, 0.05) is 37.2 Å². The summed E-state index contributed by atoms with van der Waals surface area (Å²) in [5.74, 6) is -0.453. The quantitative estimate of drug-likeness (QED) is 0.617. The number of rotatable bonds is 8. The van der Waals surface area contributed by atoms with Crippen molar-refractivity contribution in [3.8, 4) is 0 Å². The lowest BCUT2D eigenvalue weighted by Crippen LogP contribution is -2.42. The normalized spacial score (nSPS) is 12.7. The Morgan fingerprint density at radius 2 is 1.91 bits per heavy atom. The summed E-state index contributed by atoms with van der Waals surface area (Å²) >= 11 is 0. The first-order valence-corrected chi connectivity index (χ1v) is 10.2. The summed E-state index contributed by atoms with van der Waals surface area (Å²) in [6.45, 7) is 5.13. The number of alkyl halides is 3. The summed E-state index contributed by atoms with van der Waals surface area (Å²) in [6, 6.07) is 5.28. The van der Waals surface area contributed by atoms with E-state index in [1.165, 1.54) is 17.2 Å². The number of pyridine rings is 2. The minimum Gasteiger partial charge on any atom is -0.444 e. The van der Waals surface area contributed by atoms with Crippen LogP contribution in [0.5, 0.6) is 0 Å². The van der Waals surface area contributed by atoms with Crippen LogP contribution in [-0.4, -0.2) is 57.2 Å². The van der Waals surface area contributed by atoms with E-state index in [-0.39, 0.29) is 31.6 Å². The lowest BCUT2D eigenvalue weighted by molar-refractivity contribution is -0.141. The molecule has 33 heavy (non-hydrogen) atoms. The maximum atomic E-state index is 12.9. The van der Waals surface area contributed by atoms with Gasteiger partial charge in [-0.25, -0.2) is 4.79 Å². The molecule has 2 N–H and O–H groups in total. The van der Waals surface area contributed by atoms with Gasteiger partial charge in [-0.1, -0.05) is 12.1 Å². The lowest BCUT2D eigenvalue weighted by atomic mass is 10.1. The number of nitrogens with one attached hydrogen (secondary N) is 1. The average molecular weight is 468 g/mol. The van der Waals surface area contributed by atoms with Crippen LogP contribution >= 0.6 is 0 Å². The third-order valence-electron chi connectivity index (χ3n) is 4.34. The number of carbonyl (C=O) groups excluding carboxylic acids is 2. The smallest absolute Gasteiger partial charge is 0.433 e. The molecule has 2 amide bonds. The van der Waals surface area contributed by atoms with Crippen LogP contribution < -0.4 is 5.32 Å². The molecule has 0 unspecified atom stereocenters. The Morgan fingerprint density at radius 3 is 2.45 bits per heavy atom. The van der Waals surface area contributed by atoms with Crippen molar-refractivity contribution in [2.75, 3.05) is 19.6 Å². The molecule has 0 radical (unpaired) electrons. The zero-order valence-corrected chi connectivity index (χ0v) is 18.6. The molecule has 8 nitrogen and oxygen atoms in total. The number of aliphatic hydroxyl groups is 1. The highest BCUT2D eigenvalue weighted by atomic mass is 19.4. The number of aliphatic hydroxyl groups excluding tert-OH is 1. The Hall–Kier alpha value is -3.21. The van der Waals surface area contributed by atoms with E-state index in [0.717, 1.165) is 12.3 Å². The highest BCUT2D eigenvalue weighted by molar-refractivity contribution is 5.79. The Morgan fingerprint density at radius 1 is 1.18 bits per heavy atom. The number of hydrogen-bond donors (Lipinski definition) is 2. The van der Waals surface area contributed by atoms with E-state index >= 15 is 0 Å². The minimum atomic E-state index is -4.57. The third kappa shape index (κ3) is 9.05. The van der Waals surface area contributed by atoms with Gasteiger partial charge in [0.25, 0.3) is 0 Å². The monoisotopic (exact) mass is 468 g/mol. The molecule has 0 saturated carbocycles. The van der Waals surface area contributed by atoms with Crippen molar-refractivity contribution < 1.29 is 32.6 Å². The molecule has 11 heteroatoms. The first-order valence-electron chi connectivity index (χ1n) is 10.2. The Labute approximate surface area is 189 Å². The molecule has 2 rings (SSSR count). The van der Waals surface area contributed by atoms with Crippen LogP contribution in [0.3, 0.4) is 0 Å². The minimum absolute atomic E-state index is 0.0451. The highest BCUT2D eigenvalue weighted by Crippen LogP contribution is 2.27. The second-order valence-corrected chi connectivity index (χ2v) is 8.30. The molecule has 0 saturated heterocycles. The SMILES string of the molecule is CC(C)(C)OC(=O)NCCN(C[C@@H](O)c1cccnc1)C(=O)Cc1ccc(C(F)(F)F)nc1. The number of halogens is 3. The maximum absolute atomic E-state index is 12.9. The summed E-state index contributed by atoms with van der Waals surface area (Å²) in [6.07, 6.45) is -2.50. The van der Waals surface area contributed by atoms with Crippen molar-refractivity contribution in [3.05, 3.63) is 59.7 Å². The molecular formula is C22H27F3N4O4. The first-order chi connectivity index (χ1) is 15.3. The molecule has 0 fully saturated rings. The predicted octanol–water partition coefficient (Wildman–Crippen LogP) is 3.12. The molecule has 1 atom stereocenters. The molecule has 2 heterocycles. The van der Waals surface area contributed by atoms with E-state index in [1.54, 1.807) is 39.1 Å². The summed E-state index contributed by atoms with van der Waals surface area (Å²) in [5, 5.41) is 13.0. The van der Waals surface area contributed by atoms with Gasteiger partial charge in [0.2, 0.25) is 5.91 Å². The van der Waals surface area contributed by atoms with Gasteiger partial charge in [0.15, 0.2) is 0 Å². The van der Waals surface area contributed by atoms with Gasteiger partial charge >= 0.3 is 12.3 Å². The Kier molecular flexibility index (Phi) is 8.75. The molecule has 180 valence electrons. The summed E-state index contributed by atoms with van der Waals surface area (Å²) in [5.41, 5.74) is -0.962. The maximum Gasteiger partial charge on any atom is 0.433 e. The summed E-state index contributed by atoms with van der Waals surface area (Å²) in [4.78, 5) is 33.3. The van der Waals surface area contributed by atoms with E-state index in [4.69, 9.17) is 4.74 Å². The molecule has 0 bridgehead atoms. The van der Waals surface area contributed by atoms with Crippen LogP contribution in [0.15, 0.2) is 42.9 Å². The van der Waals surface area contributed by atoms with E-state index in [9.17, 15) is 27.9 Å². The van der Waals surface area contributed by atoms with Gasteiger partial charge in [-0.2, -0.15) is 13.2 Å². The summed E-state index contributed by atoms with van der Waals surface area (Å²) in [7, 11) is 0. The topological polar surface area (TPSA) is 105 Å². The van der Waals surface area contributed by atoms with E-state index in [0.29, 0.717) is 5.56 Å². The number of alkyl carbamates (subject to hydrolysis) is 1. The van der Waals surface area contributed by atoms with Crippen molar-refractivity contribution in [2.24, 2.45) is 0 Å². The van der Waals surface area contributed by atoms with Crippen molar-refractivity contribution in [1.82, 2.24) is 20.2 Å². The molecule has 0 aliphatic heterocycles. The molecule has 2 aromatic heterocycles. The zero-order valence-electron chi connectivity index (χ0n) is 18.6. The lowest BCUT2D eigenvalue weighted by Gasteiger charge is -2.26. The van der Waals surface area contributed by atoms with Gasteiger partial charge in [-0.15, -0.1) is 0 Å². The standard InChI is InChI=1S/C22H27F3N4O4/c1-21(2,3)33-20(32)27-9-10-29(14-17(30)16-5-4-8-26-13-16)19(31)11-15-6-7-18(28-12-15)22(23,24)25/h4-8,12-13,17,30H,9-11,14H2,1-3H3,(H,27,32)/t17-/m1/s1. The van der Waals surface area contributed by atoms with Crippen LogP contribution in [0, 0.1) is 0 Å². The van der Waals surface area contributed by atoms with Crippen molar-refractivity contribution in [1.29, 1.82) is 0 Å². The second-order valence-electron chi connectivity index (χ2n) is 8.30. The first kappa shape index (κ1) is 26.0. The Bertz CT molecular complexity index is 916. The molecule has 0 aromatic carbocycles. The fraction of sp³-hybridized carbons (Fsp3) is 0.455. The number of aromatic nitrogens is 2. The molecule has 0 spiro atoms. The van der Waals surface area contributed by atoms with Crippen LogP contribution in [0.4, 0.5) is 18.0 Å². The molecule has 2 aromatic rings. The summed E-state index contributed by atoms with van der Waals surface area (Å²) < 4.78 is 43.3.